The van der Waals surface area contributed by atoms with Crippen LogP contribution in [0.4, 0.5) is 0 Å². The van der Waals surface area contributed by atoms with Crippen molar-refractivity contribution in [1.82, 2.24) is 5.32 Å². The Kier molecular flexibility index (Phi) is 1.27. The van der Waals surface area contributed by atoms with Crippen molar-refractivity contribution in [3.05, 3.63) is 0 Å². The lowest BCUT2D eigenvalue weighted by molar-refractivity contribution is -0.956. The fraction of sp³-hybridized carbons (Fsp3) is 1.00. The van der Waals surface area contributed by atoms with Gasteiger partial charge in [-0.15, -0.1) is 0 Å². The Bertz CT molecular complexity index is 126. The smallest absolute Gasteiger partial charge is 0.119 e. The molecule has 2 aliphatic heterocycles. The summed E-state index contributed by atoms with van der Waals surface area (Å²) >= 11 is 0. The molecule has 0 aliphatic carbocycles. The normalized spacial score (nSPS) is 53.4. The highest BCUT2D eigenvalue weighted by Gasteiger charge is 2.46. The molecule has 3 N–H and O–H groups in total. The van der Waals surface area contributed by atoms with E-state index in [0.29, 0.717) is 12.1 Å². The summed E-state index contributed by atoms with van der Waals surface area (Å²) in [5.74, 6) is 6.12. The van der Waals surface area contributed by atoms with Gasteiger partial charge in [-0.2, -0.15) is 5.84 Å². The molecule has 2 rings (SSSR count). The Hall–Kier alpha value is -0.120. The Morgan fingerprint density at radius 3 is 2.20 bits per heavy atom. The monoisotopic (exact) mass is 142 g/mol. The second-order valence-corrected chi connectivity index (χ2v) is 3.77. The van der Waals surface area contributed by atoms with Crippen molar-refractivity contribution in [2.24, 2.45) is 5.84 Å². The Morgan fingerprint density at radius 1 is 1.30 bits per heavy atom. The molecule has 0 aromatic carbocycles. The fourth-order valence-electron chi connectivity index (χ4n) is 2.25. The first kappa shape index (κ1) is 6.58. The minimum atomic E-state index is 0.679. The van der Waals surface area contributed by atoms with Crippen molar-refractivity contribution >= 4 is 0 Å². The van der Waals surface area contributed by atoms with E-state index in [2.05, 4.69) is 12.4 Å². The zero-order valence-electron chi connectivity index (χ0n) is 6.51. The van der Waals surface area contributed by atoms with Gasteiger partial charge < -0.3 is 5.32 Å². The van der Waals surface area contributed by atoms with E-state index < -0.39 is 0 Å². The molecule has 0 radical (unpaired) electrons. The summed E-state index contributed by atoms with van der Waals surface area (Å²) in [6, 6.07) is 1.36. The Morgan fingerprint density at radius 2 is 1.80 bits per heavy atom. The molecule has 3 nitrogen and oxygen atoms in total. The lowest BCUT2D eigenvalue weighted by Crippen LogP contribution is -2.67. The highest BCUT2D eigenvalue weighted by molar-refractivity contribution is 4.82. The van der Waals surface area contributed by atoms with E-state index >= 15 is 0 Å². The summed E-state index contributed by atoms with van der Waals surface area (Å²) in [5.41, 5.74) is 0. The van der Waals surface area contributed by atoms with Crippen LogP contribution in [-0.4, -0.2) is 36.8 Å². The average molecular weight is 142 g/mol. The van der Waals surface area contributed by atoms with Crippen LogP contribution < -0.4 is 11.2 Å². The predicted molar refractivity (Wildman–Crippen MR) is 40.1 cm³/mol. The van der Waals surface area contributed by atoms with E-state index in [0.717, 1.165) is 17.7 Å². The van der Waals surface area contributed by atoms with Crippen molar-refractivity contribution in [1.29, 1.82) is 0 Å². The second-order valence-electron chi connectivity index (χ2n) is 3.77. The number of nitrogens with zero attached hydrogens (tertiary/aromatic N) is 1. The maximum absolute atomic E-state index is 6.12. The zero-order chi connectivity index (χ0) is 7.19. The van der Waals surface area contributed by atoms with Crippen LogP contribution >= 0.6 is 0 Å². The van der Waals surface area contributed by atoms with Crippen molar-refractivity contribution in [2.75, 3.05) is 20.1 Å². The van der Waals surface area contributed by atoms with Gasteiger partial charge in [-0.05, 0) is 0 Å². The molecule has 3 heteroatoms. The van der Waals surface area contributed by atoms with Gasteiger partial charge in [0.2, 0.25) is 0 Å². The molecule has 2 saturated heterocycles. The van der Waals surface area contributed by atoms with Crippen molar-refractivity contribution < 1.29 is 4.59 Å². The van der Waals surface area contributed by atoms with E-state index in [9.17, 15) is 0 Å². The van der Waals surface area contributed by atoms with Gasteiger partial charge in [-0.1, -0.05) is 0 Å². The molecule has 2 heterocycles. The predicted octanol–water partition coefficient (Wildman–Crippen LogP) is -0.559. The van der Waals surface area contributed by atoms with Gasteiger partial charge in [0.15, 0.2) is 0 Å². The third-order valence-electron chi connectivity index (χ3n) is 3.17. The van der Waals surface area contributed by atoms with Crippen LogP contribution in [0.3, 0.4) is 0 Å². The molecule has 2 atom stereocenters. The van der Waals surface area contributed by atoms with E-state index in [-0.39, 0.29) is 0 Å². The highest BCUT2D eigenvalue weighted by Crippen LogP contribution is 2.28. The van der Waals surface area contributed by atoms with E-state index in [1.54, 1.807) is 0 Å². The van der Waals surface area contributed by atoms with Gasteiger partial charge in [0.25, 0.3) is 0 Å². The van der Waals surface area contributed by atoms with Gasteiger partial charge >= 0.3 is 0 Å². The van der Waals surface area contributed by atoms with Crippen LogP contribution in [0.25, 0.3) is 0 Å². The summed E-state index contributed by atoms with van der Waals surface area (Å²) in [5, 5.41) is 3.41. The summed E-state index contributed by atoms with van der Waals surface area (Å²) in [4.78, 5) is 0. The quantitative estimate of drug-likeness (QED) is 0.351. The molecule has 0 aromatic rings. The van der Waals surface area contributed by atoms with Crippen LogP contribution in [0.2, 0.25) is 0 Å². The molecule has 2 unspecified atom stereocenters. The Labute approximate surface area is 61.7 Å². The number of likely N-dealkylation sites (N-methyl/N-ethyl adjacent to an activating group) is 1. The molecule has 0 aromatic heterocycles. The molecule has 2 aliphatic rings. The molecular formula is C7H16N3+. The highest BCUT2D eigenvalue weighted by atomic mass is 15.6. The van der Waals surface area contributed by atoms with Crippen LogP contribution in [0.1, 0.15) is 12.8 Å². The number of piperazine rings is 1. The van der Waals surface area contributed by atoms with Gasteiger partial charge in [-0.25, -0.2) is 4.59 Å². The number of quaternary nitrogens is 1. The Balaban J connectivity index is 2.21. The molecule has 2 bridgehead atoms. The van der Waals surface area contributed by atoms with Gasteiger partial charge in [-0.3, -0.25) is 0 Å². The molecule has 58 valence electrons. The van der Waals surface area contributed by atoms with Crippen LogP contribution in [0, 0.1) is 0 Å². The minimum Gasteiger partial charge on any atom is -0.306 e. The SMILES string of the molecule is C[N+]1(N)C2CCC1CNC2. The van der Waals surface area contributed by atoms with E-state index in [1.165, 1.54) is 12.8 Å². The van der Waals surface area contributed by atoms with Crippen LogP contribution in [0.5, 0.6) is 0 Å². The number of fused-ring (bicyclic) bond motifs is 2. The largest absolute Gasteiger partial charge is 0.306 e. The third-order valence-corrected chi connectivity index (χ3v) is 3.17. The topological polar surface area (TPSA) is 38.0 Å². The first-order valence-electron chi connectivity index (χ1n) is 4.06. The molecule has 0 saturated carbocycles. The molecule has 10 heavy (non-hydrogen) atoms. The molecule has 0 amide bonds. The first-order valence-corrected chi connectivity index (χ1v) is 4.06. The number of nitrogens with two attached hydrogens (primary N) is 1. The van der Waals surface area contributed by atoms with Gasteiger partial charge in [0.1, 0.15) is 12.1 Å². The summed E-state index contributed by atoms with van der Waals surface area (Å²) in [6.45, 7) is 2.23. The summed E-state index contributed by atoms with van der Waals surface area (Å²) in [6.07, 6.45) is 2.62. The number of nitrogens with one attached hydrogen (secondary N) is 1. The third kappa shape index (κ3) is 0.713. The fourth-order valence-corrected chi connectivity index (χ4v) is 2.25. The standard InChI is InChI=1S/C7H16N3/c1-10(8)6-2-3-7(10)5-9-4-6/h6-7,9H,2-5,8H2,1H3/q+1. The minimum absolute atomic E-state index is 0.679. The van der Waals surface area contributed by atoms with Crippen molar-refractivity contribution in [3.63, 3.8) is 0 Å². The number of rotatable bonds is 0. The maximum Gasteiger partial charge on any atom is 0.119 e. The average Bonchev–Trinajstić information content (AvgIpc) is 2.17. The van der Waals surface area contributed by atoms with Crippen molar-refractivity contribution in [2.45, 2.75) is 24.9 Å². The van der Waals surface area contributed by atoms with Crippen LogP contribution in [0.15, 0.2) is 0 Å². The van der Waals surface area contributed by atoms with E-state index in [4.69, 9.17) is 5.84 Å². The van der Waals surface area contributed by atoms with Gasteiger partial charge in [0, 0.05) is 25.9 Å². The zero-order valence-corrected chi connectivity index (χ0v) is 6.51. The summed E-state index contributed by atoms with van der Waals surface area (Å²) < 4.78 is 0.771. The number of hydrogen-bond donors (Lipinski definition) is 2. The lowest BCUT2D eigenvalue weighted by atomic mass is 10.2. The maximum atomic E-state index is 6.12. The molecular weight excluding hydrogens is 126 g/mol. The second kappa shape index (κ2) is 1.94. The van der Waals surface area contributed by atoms with Crippen LogP contribution in [-0.2, 0) is 0 Å². The summed E-state index contributed by atoms with van der Waals surface area (Å²) in [7, 11) is 2.16. The lowest BCUT2D eigenvalue weighted by Gasteiger charge is -2.39. The van der Waals surface area contributed by atoms with Gasteiger partial charge in [0.05, 0.1) is 7.05 Å². The number of hydrogen-bond acceptors (Lipinski definition) is 2. The molecule has 0 spiro atoms. The first-order chi connectivity index (χ1) is 4.71. The van der Waals surface area contributed by atoms with Crippen molar-refractivity contribution in [3.8, 4) is 0 Å². The van der Waals surface area contributed by atoms with E-state index in [1.807, 2.05) is 0 Å². The molecule has 2 fully saturated rings.